The first-order valence-electron chi connectivity index (χ1n) is 8.66. The monoisotopic (exact) mass is 334 g/mol. The summed E-state index contributed by atoms with van der Waals surface area (Å²) < 4.78 is 0. The molecule has 1 fully saturated rings. The summed E-state index contributed by atoms with van der Waals surface area (Å²) in [4.78, 5) is 21.2. The van der Waals surface area contributed by atoms with Gasteiger partial charge in [0.25, 0.3) is 0 Å². The second kappa shape index (κ2) is 7.80. The van der Waals surface area contributed by atoms with Crippen LogP contribution in [-0.4, -0.2) is 34.9 Å². The van der Waals surface area contributed by atoms with E-state index in [0.717, 1.165) is 24.3 Å². The molecule has 0 spiro atoms. The lowest BCUT2D eigenvalue weighted by molar-refractivity contribution is -0.133. The van der Waals surface area contributed by atoms with Crippen LogP contribution in [0.2, 0.25) is 0 Å². The third-order valence-electron chi connectivity index (χ3n) is 4.63. The van der Waals surface area contributed by atoms with Crippen molar-refractivity contribution in [1.29, 1.82) is 5.26 Å². The maximum absolute atomic E-state index is 12.7. The highest BCUT2D eigenvalue weighted by Gasteiger charge is 2.29. The highest BCUT2D eigenvalue weighted by atomic mass is 16.2. The summed E-state index contributed by atoms with van der Waals surface area (Å²) in [6, 6.07) is 17.8. The van der Waals surface area contributed by atoms with Gasteiger partial charge >= 0.3 is 0 Å². The lowest BCUT2D eigenvalue weighted by atomic mass is 10.1. The summed E-state index contributed by atoms with van der Waals surface area (Å²) in [6.45, 7) is 4.11. The minimum absolute atomic E-state index is 0.128. The molecule has 0 unspecified atom stereocenters. The minimum Gasteiger partial charge on any atom is -0.354 e. The van der Waals surface area contributed by atoms with E-state index in [1.165, 1.54) is 0 Å². The minimum atomic E-state index is 0.128. The number of hydrogen-bond acceptors (Lipinski definition) is 4. The molecule has 1 atom stereocenters. The molecule has 25 heavy (non-hydrogen) atoms. The molecule has 0 N–H and O–H groups in total. The van der Waals surface area contributed by atoms with Gasteiger partial charge in [-0.05, 0) is 24.1 Å². The van der Waals surface area contributed by atoms with Crippen LogP contribution in [0, 0.1) is 11.3 Å². The summed E-state index contributed by atoms with van der Waals surface area (Å²) in [5.74, 6) is 0.946. The first-order valence-corrected chi connectivity index (χ1v) is 8.66. The number of carbonyl (C=O) groups excluding carboxylic acids is 1. The van der Waals surface area contributed by atoms with E-state index in [1.807, 2.05) is 35.2 Å². The van der Waals surface area contributed by atoms with Crippen molar-refractivity contribution in [3.8, 4) is 6.07 Å². The molecule has 0 bridgehead atoms. The number of amides is 1. The van der Waals surface area contributed by atoms with Gasteiger partial charge in [0.05, 0.1) is 0 Å². The predicted molar refractivity (Wildman–Crippen MR) is 96.9 cm³/mol. The van der Waals surface area contributed by atoms with Crippen LogP contribution in [0.1, 0.15) is 31.0 Å². The highest BCUT2D eigenvalue weighted by molar-refractivity contribution is 5.78. The molecule has 5 heteroatoms. The van der Waals surface area contributed by atoms with Gasteiger partial charge in [-0.1, -0.05) is 43.3 Å². The molecule has 0 saturated carbocycles. The molecule has 5 nitrogen and oxygen atoms in total. The van der Waals surface area contributed by atoms with Gasteiger partial charge in [0.1, 0.15) is 17.6 Å². The van der Waals surface area contributed by atoms with Crippen molar-refractivity contribution in [2.24, 2.45) is 0 Å². The summed E-state index contributed by atoms with van der Waals surface area (Å²) in [5, 5.41) is 9.07. The SMILES string of the molecule is CC[C@@H]1CN(c2cccc(C#N)n2)CCC(=O)N1Cc1ccccc1. The third-order valence-corrected chi connectivity index (χ3v) is 4.63. The van der Waals surface area contributed by atoms with Crippen molar-refractivity contribution in [1.82, 2.24) is 9.88 Å². The molecule has 128 valence electrons. The Morgan fingerprint density at radius 3 is 2.72 bits per heavy atom. The van der Waals surface area contributed by atoms with E-state index in [2.05, 4.69) is 35.0 Å². The average Bonchev–Trinajstić information content (AvgIpc) is 2.82. The molecule has 2 heterocycles. The number of benzene rings is 1. The zero-order chi connectivity index (χ0) is 17.6. The summed E-state index contributed by atoms with van der Waals surface area (Å²) in [6.07, 6.45) is 1.34. The van der Waals surface area contributed by atoms with Gasteiger partial charge in [-0.25, -0.2) is 4.98 Å². The Bertz CT molecular complexity index is 769. The van der Waals surface area contributed by atoms with Crippen molar-refractivity contribution in [3.63, 3.8) is 0 Å². The van der Waals surface area contributed by atoms with Crippen LogP contribution in [-0.2, 0) is 11.3 Å². The van der Waals surface area contributed by atoms with Crippen LogP contribution >= 0.6 is 0 Å². The number of rotatable bonds is 4. The van der Waals surface area contributed by atoms with E-state index in [0.29, 0.717) is 25.2 Å². The zero-order valence-corrected chi connectivity index (χ0v) is 14.4. The van der Waals surface area contributed by atoms with Gasteiger partial charge in [0, 0.05) is 32.1 Å². The Balaban J connectivity index is 1.82. The van der Waals surface area contributed by atoms with E-state index in [9.17, 15) is 4.79 Å². The van der Waals surface area contributed by atoms with Crippen LogP contribution in [0.3, 0.4) is 0 Å². The van der Waals surface area contributed by atoms with E-state index < -0.39 is 0 Å². The van der Waals surface area contributed by atoms with Crippen molar-refractivity contribution in [3.05, 3.63) is 59.8 Å². The van der Waals surface area contributed by atoms with Crippen LogP contribution < -0.4 is 4.90 Å². The van der Waals surface area contributed by atoms with E-state index >= 15 is 0 Å². The third kappa shape index (κ3) is 3.97. The highest BCUT2D eigenvalue weighted by Crippen LogP contribution is 2.21. The Morgan fingerprint density at radius 1 is 1.20 bits per heavy atom. The molecule has 1 saturated heterocycles. The Hall–Kier alpha value is -2.87. The quantitative estimate of drug-likeness (QED) is 0.862. The molecule has 1 aromatic heterocycles. The van der Waals surface area contributed by atoms with Gasteiger partial charge in [0.2, 0.25) is 5.91 Å². The van der Waals surface area contributed by atoms with Gasteiger partial charge in [-0.15, -0.1) is 0 Å². The summed E-state index contributed by atoms with van der Waals surface area (Å²) >= 11 is 0. The first kappa shape index (κ1) is 17.0. The second-order valence-corrected chi connectivity index (χ2v) is 6.26. The molecule has 3 rings (SSSR count). The molecule has 1 amide bonds. The predicted octanol–water partition coefficient (Wildman–Crippen LogP) is 2.97. The molecule has 1 aliphatic rings. The fourth-order valence-electron chi connectivity index (χ4n) is 3.24. The lowest BCUT2D eigenvalue weighted by Gasteiger charge is -2.31. The lowest BCUT2D eigenvalue weighted by Crippen LogP contribution is -2.42. The maximum atomic E-state index is 12.7. The Kier molecular flexibility index (Phi) is 5.30. The second-order valence-electron chi connectivity index (χ2n) is 6.26. The molecule has 1 aromatic carbocycles. The van der Waals surface area contributed by atoms with Gasteiger partial charge in [0.15, 0.2) is 0 Å². The van der Waals surface area contributed by atoms with Gasteiger partial charge < -0.3 is 9.80 Å². The number of pyridine rings is 1. The largest absolute Gasteiger partial charge is 0.354 e. The molecular weight excluding hydrogens is 312 g/mol. The van der Waals surface area contributed by atoms with Crippen molar-refractivity contribution in [2.45, 2.75) is 32.4 Å². The standard InChI is InChI=1S/C20H22N4O/c1-2-18-15-23(19-10-6-9-17(13-21)22-19)12-11-20(25)24(18)14-16-7-4-3-5-8-16/h3-10,18H,2,11-12,14-15H2,1H3/t18-/m1/s1. The van der Waals surface area contributed by atoms with Gasteiger partial charge in [-0.3, -0.25) is 4.79 Å². The van der Waals surface area contributed by atoms with Gasteiger partial charge in [-0.2, -0.15) is 5.26 Å². The topological polar surface area (TPSA) is 60.2 Å². The number of hydrogen-bond donors (Lipinski definition) is 0. The molecule has 1 aliphatic heterocycles. The average molecular weight is 334 g/mol. The maximum Gasteiger partial charge on any atom is 0.224 e. The fraction of sp³-hybridized carbons (Fsp3) is 0.350. The van der Waals surface area contributed by atoms with Crippen LogP contribution in [0.4, 0.5) is 5.82 Å². The number of nitriles is 1. The normalized spacial score (nSPS) is 17.9. The smallest absolute Gasteiger partial charge is 0.224 e. The zero-order valence-electron chi connectivity index (χ0n) is 14.4. The number of anilines is 1. The van der Waals surface area contributed by atoms with E-state index in [1.54, 1.807) is 6.07 Å². The molecule has 0 aliphatic carbocycles. The first-order chi connectivity index (χ1) is 12.2. The summed E-state index contributed by atoms with van der Waals surface area (Å²) in [7, 11) is 0. The molecule has 0 radical (unpaired) electrons. The van der Waals surface area contributed by atoms with E-state index in [-0.39, 0.29) is 11.9 Å². The van der Waals surface area contributed by atoms with Crippen molar-refractivity contribution < 1.29 is 4.79 Å². The van der Waals surface area contributed by atoms with Crippen molar-refractivity contribution in [2.75, 3.05) is 18.0 Å². The van der Waals surface area contributed by atoms with E-state index in [4.69, 9.17) is 5.26 Å². The summed E-state index contributed by atoms with van der Waals surface area (Å²) in [5.41, 5.74) is 1.55. The fourth-order valence-corrected chi connectivity index (χ4v) is 3.24. The number of aromatic nitrogens is 1. The van der Waals surface area contributed by atoms with Crippen LogP contribution in [0.25, 0.3) is 0 Å². The molecule has 2 aromatic rings. The van der Waals surface area contributed by atoms with Crippen LogP contribution in [0.15, 0.2) is 48.5 Å². The van der Waals surface area contributed by atoms with Crippen LogP contribution in [0.5, 0.6) is 0 Å². The Morgan fingerprint density at radius 2 is 2.00 bits per heavy atom. The Labute approximate surface area is 148 Å². The number of carbonyl (C=O) groups is 1. The van der Waals surface area contributed by atoms with Crippen molar-refractivity contribution >= 4 is 11.7 Å². The number of nitrogens with zero attached hydrogens (tertiary/aromatic N) is 4. The molecular formula is C20H22N4O.